The van der Waals surface area contributed by atoms with Gasteiger partial charge in [0.15, 0.2) is 0 Å². The first-order valence-electron chi connectivity index (χ1n) is 6.94. The van der Waals surface area contributed by atoms with Gasteiger partial charge >= 0.3 is 0 Å². The van der Waals surface area contributed by atoms with E-state index in [9.17, 15) is 8.42 Å². The minimum absolute atomic E-state index is 0.357. The van der Waals surface area contributed by atoms with Gasteiger partial charge in [-0.1, -0.05) is 6.92 Å². The largest absolute Gasteiger partial charge is 0.382 e. The Hall–Kier alpha value is -0.510. The van der Waals surface area contributed by atoms with Crippen molar-refractivity contribution in [2.75, 3.05) is 40.0 Å². The molecule has 0 aromatic carbocycles. The first-order chi connectivity index (χ1) is 10.1. The van der Waals surface area contributed by atoms with E-state index in [1.807, 2.05) is 12.3 Å². The fourth-order valence-corrected chi connectivity index (χ4v) is 3.88. The van der Waals surface area contributed by atoms with Crippen LogP contribution in [0.2, 0.25) is 0 Å². The Balaban J connectivity index is 2.31. The lowest BCUT2D eigenvalue weighted by atomic mass is 10.3. The Bertz CT molecular complexity index is 488. The molecule has 0 spiro atoms. The molecule has 0 radical (unpaired) electrons. The van der Waals surface area contributed by atoms with Crippen LogP contribution in [0.1, 0.15) is 18.9 Å². The molecule has 0 saturated heterocycles. The van der Waals surface area contributed by atoms with Gasteiger partial charge in [0.2, 0.25) is 10.0 Å². The molecule has 0 atom stereocenters. The van der Waals surface area contributed by atoms with Gasteiger partial charge in [-0.15, -0.1) is 11.3 Å². The molecule has 1 aromatic heterocycles. The van der Waals surface area contributed by atoms with E-state index in [1.165, 1.54) is 11.3 Å². The molecule has 0 aliphatic rings. The number of rotatable bonds is 12. The predicted octanol–water partition coefficient (Wildman–Crippen LogP) is 1.19. The van der Waals surface area contributed by atoms with Crippen LogP contribution in [0.4, 0.5) is 0 Å². The van der Waals surface area contributed by atoms with Crippen LogP contribution in [0, 0.1) is 0 Å². The molecule has 0 aliphatic heterocycles. The number of hydrogen-bond donors (Lipinski definition) is 2. The molecule has 0 aliphatic carbocycles. The van der Waals surface area contributed by atoms with Crippen LogP contribution in [0.25, 0.3) is 0 Å². The zero-order valence-corrected chi connectivity index (χ0v) is 14.2. The van der Waals surface area contributed by atoms with Gasteiger partial charge in [0.05, 0.1) is 13.2 Å². The van der Waals surface area contributed by atoms with Crippen molar-refractivity contribution in [2.45, 2.75) is 24.1 Å². The molecule has 21 heavy (non-hydrogen) atoms. The minimum Gasteiger partial charge on any atom is -0.382 e. The highest BCUT2D eigenvalue weighted by atomic mass is 32.2. The van der Waals surface area contributed by atoms with Crippen molar-refractivity contribution in [1.29, 1.82) is 0 Å². The van der Waals surface area contributed by atoms with Gasteiger partial charge in [0.25, 0.3) is 0 Å². The highest BCUT2D eigenvalue weighted by Crippen LogP contribution is 2.19. The second kappa shape index (κ2) is 10.3. The van der Waals surface area contributed by atoms with Crippen LogP contribution in [-0.2, 0) is 26.0 Å². The summed E-state index contributed by atoms with van der Waals surface area (Å²) in [6.07, 6.45) is 0.637. The van der Waals surface area contributed by atoms with Crippen LogP contribution in [0.15, 0.2) is 15.7 Å². The Morgan fingerprint density at radius 2 is 2.10 bits per heavy atom. The number of sulfonamides is 1. The number of hydrogen-bond acceptors (Lipinski definition) is 6. The van der Waals surface area contributed by atoms with Crippen molar-refractivity contribution in [3.8, 4) is 0 Å². The molecule has 8 heteroatoms. The molecule has 122 valence electrons. The fourth-order valence-electron chi connectivity index (χ4n) is 1.55. The van der Waals surface area contributed by atoms with Crippen LogP contribution < -0.4 is 10.0 Å². The van der Waals surface area contributed by atoms with Gasteiger partial charge in [0.1, 0.15) is 4.21 Å². The first kappa shape index (κ1) is 18.5. The molecule has 2 N–H and O–H groups in total. The maximum atomic E-state index is 12.1. The van der Waals surface area contributed by atoms with Crippen LogP contribution in [0.3, 0.4) is 0 Å². The lowest BCUT2D eigenvalue weighted by Gasteiger charge is -2.05. The molecule has 1 rings (SSSR count). The third-order valence-corrected chi connectivity index (χ3v) is 5.61. The third-order valence-electron chi connectivity index (χ3n) is 2.66. The maximum absolute atomic E-state index is 12.1. The van der Waals surface area contributed by atoms with Gasteiger partial charge in [-0.2, -0.15) is 0 Å². The average Bonchev–Trinajstić information content (AvgIpc) is 2.94. The van der Waals surface area contributed by atoms with Crippen molar-refractivity contribution in [2.24, 2.45) is 0 Å². The summed E-state index contributed by atoms with van der Waals surface area (Å²) < 4.78 is 37.2. The average molecular weight is 336 g/mol. The Morgan fingerprint density at radius 3 is 2.81 bits per heavy atom. The van der Waals surface area contributed by atoms with E-state index in [0.29, 0.717) is 43.5 Å². The lowest BCUT2D eigenvalue weighted by molar-refractivity contribution is 0.0699. The molecule has 0 unspecified atom stereocenters. The highest BCUT2D eigenvalue weighted by molar-refractivity contribution is 7.91. The molecule has 0 amide bonds. The van der Waals surface area contributed by atoms with E-state index in [2.05, 4.69) is 10.0 Å². The zero-order chi connectivity index (χ0) is 15.6. The Labute approximate surface area is 130 Å². The molecule has 0 saturated carbocycles. The van der Waals surface area contributed by atoms with Crippen molar-refractivity contribution in [1.82, 2.24) is 10.0 Å². The van der Waals surface area contributed by atoms with E-state index >= 15 is 0 Å². The molecule has 0 fully saturated rings. The molecular weight excluding hydrogens is 312 g/mol. The molecule has 0 bridgehead atoms. The van der Waals surface area contributed by atoms with Gasteiger partial charge in [-0.05, 0) is 30.0 Å². The monoisotopic (exact) mass is 336 g/mol. The summed E-state index contributed by atoms with van der Waals surface area (Å²) in [5.74, 6) is 0. The van der Waals surface area contributed by atoms with Gasteiger partial charge in [-0.25, -0.2) is 13.1 Å². The summed E-state index contributed by atoms with van der Waals surface area (Å²) in [6, 6.07) is 1.71. The summed E-state index contributed by atoms with van der Waals surface area (Å²) >= 11 is 1.24. The maximum Gasteiger partial charge on any atom is 0.250 e. The highest BCUT2D eigenvalue weighted by Gasteiger charge is 2.15. The number of thiophene rings is 1. The van der Waals surface area contributed by atoms with Crippen molar-refractivity contribution >= 4 is 21.4 Å². The SMILES string of the molecule is CCNCc1csc(S(=O)(=O)NCCCOCCOC)c1. The van der Waals surface area contributed by atoms with Gasteiger partial charge < -0.3 is 14.8 Å². The van der Waals surface area contributed by atoms with Crippen LogP contribution in [0.5, 0.6) is 0 Å². The van der Waals surface area contributed by atoms with Gasteiger partial charge in [-0.3, -0.25) is 0 Å². The Morgan fingerprint density at radius 1 is 1.29 bits per heavy atom. The molecule has 1 heterocycles. The fraction of sp³-hybridized carbons (Fsp3) is 0.692. The van der Waals surface area contributed by atoms with E-state index < -0.39 is 10.0 Å². The quantitative estimate of drug-likeness (QED) is 0.561. The van der Waals surface area contributed by atoms with E-state index in [4.69, 9.17) is 9.47 Å². The Kier molecular flexibility index (Phi) is 9.05. The van der Waals surface area contributed by atoms with Crippen molar-refractivity contribution in [3.63, 3.8) is 0 Å². The summed E-state index contributed by atoms with van der Waals surface area (Å²) in [6.45, 7) is 5.53. The number of ether oxygens (including phenoxy) is 2. The molecular formula is C13H24N2O4S2. The molecule has 1 aromatic rings. The van der Waals surface area contributed by atoms with Crippen LogP contribution >= 0.6 is 11.3 Å². The van der Waals surface area contributed by atoms with E-state index in [0.717, 1.165) is 12.1 Å². The van der Waals surface area contributed by atoms with E-state index in [-0.39, 0.29) is 0 Å². The standard InChI is InChI=1S/C13H24N2O4S2/c1-3-14-10-12-9-13(20-11-12)21(16,17)15-5-4-6-19-8-7-18-2/h9,11,14-15H,3-8,10H2,1-2H3. The third kappa shape index (κ3) is 7.35. The van der Waals surface area contributed by atoms with Crippen LogP contribution in [-0.4, -0.2) is 48.4 Å². The normalized spacial score (nSPS) is 11.9. The summed E-state index contributed by atoms with van der Waals surface area (Å²) in [5.41, 5.74) is 0.991. The van der Waals surface area contributed by atoms with E-state index in [1.54, 1.807) is 13.2 Å². The second-order valence-corrected chi connectivity index (χ2v) is 7.32. The topological polar surface area (TPSA) is 76.7 Å². The lowest BCUT2D eigenvalue weighted by Crippen LogP contribution is -2.25. The first-order valence-corrected chi connectivity index (χ1v) is 9.31. The van der Waals surface area contributed by atoms with Crippen molar-refractivity contribution in [3.05, 3.63) is 17.0 Å². The number of methoxy groups -OCH3 is 1. The summed E-state index contributed by atoms with van der Waals surface area (Å²) in [5, 5.41) is 5.04. The minimum atomic E-state index is -3.40. The smallest absolute Gasteiger partial charge is 0.250 e. The molecule has 6 nitrogen and oxygen atoms in total. The van der Waals surface area contributed by atoms with Gasteiger partial charge in [0, 0.05) is 26.8 Å². The summed E-state index contributed by atoms with van der Waals surface area (Å²) in [7, 11) is -1.79. The summed E-state index contributed by atoms with van der Waals surface area (Å²) in [4.78, 5) is 0. The zero-order valence-electron chi connectivity index (χ0n) is 12.6. The van der Waals surface area contributed by atoms with Crippen molar-refractivity contribution < 1.29 is 17.9 Å². The second-order valence-electron chi connectivity index (χ2n) is 4.41. The number of nitrogens with one attached hydrogen (secondary N) is 2. The predicted molar refractivity (Wildman–Crippen MR) is 84.2 cm³/mol.